The zero-order valence-corrected chi connectivity index (χ0v) is 16.8. The average molecular weight is 368 g/mol. The zero-order valence-electron chi connectivity index (χ0n) is 15.8. The number of rotatable bonds is 6. The summed E-state index contributed by atoms with van der Waals surface area (Å²) < 4.78 is 10.8. The van der Waals surface area contributed by atoms with Crippen LogP contribution in [0.2, 0.25) is 18.1 Å². The Morgan fingerprint density at radius 2 is 1.76 bits per heavy atom. The molecule has 0 aromatic heterocycles. The van der Waals surface area contributed by atoms with E-state index in [0.29, 0.717) is 0 Å². The Morgan fingerprint density at radius 3 is 2.24 bits per heavy atom. The van der Waals surface area contributed by atoms with Crippen LogP contribution in [0.3, 0.4) is 0 Å². The normalized spacial score (nSPS) is 14.4. The summed E-state index contributed by atoms with van der Waals surface area (Å²) in [7, 11) is -2.35. The summed E-state index contributed by atoms with van der Waals surface area (Å²) >= 11 is 0. The number of aliphatic hydroxyl groups is 1. The number of alkyl carbamates (subject to hydrolysis) is 1. The van der Waals surface area contributed by atoms with Crippen molar-refractivity contribution < 1.29 is 23.9 Å². The Balaban J connectivity index is 2.67. The number of hydrogen-bond acceptors (Lipinski definition) is 5. The minimum Gasteiger partial charge on any atom is -0.518 e. The van der Waals surface area contributed by atoms with Crippen LogP contribution in [0.1, 0.15) is 33.3 Å². The standard InChI is InChI=1S/C18H29NO5Si/c1-13(20)15(16(21)24-25(5,6)18(2,3)4)19-17(22)23-12-14-10-8-7-9-11-14/h7-11,13,15,20H,12H2,1-6H3,(H,19,22)/t13-,15+/m1/s1. The molecule has 1 aromatic carbocycles. The highest BCUT2D eigenvalue weighted by atomic mass is 28.4. The summed E-state index contributed by atoms with van der Waals surface area (Å²) in [6.07, 6.45) is -1.87. The summed E-state index contributed by atoms with van der Waals surface area (Å²) in [5.41, 5.74) is 0.829. The highest BCUT2D eigenvalue weighted by Gasteiger charge is 2.42. The van der Waals surface area contributed by atoms with Gasteiger partial charge < -0.3 is 19.6 Å². The number of nitrogens with one attached hydrogen (secondary N) is 1. The van der Waals surface area contributed by atoms with E-state index in [1.165, 1.54) is 6.92 Å². The number of carbonyl (C=O) groups is 2. The Bertz CT molecular complexity index is 581. The van der Waals surface area contributed by atoms with Crippen LogP contribution in [0, 0.1) is 0 Å². The molecular formula is C18H29NO5Si. The van der Waals surface area contributed by atoms with Gasteiger partial charge in [0.15, 0.2) is 6.04 Å². The highest BCUT2D eigenvalue weighted by molar-refractivity contribution is 6.75. The summed E-state index contributed by atoms with van der Waals surface area (Å²) in [6.45, 7) is 11.4. The largest absolute Gasteiger partial charge is 0.518 e. The van der Waals surface area contributed by atoms with Gasteiger partial charge in [-0.25, -0.2) is 4.79 Å². The number of amides is 1. The second kappa shape index (κ2) is 8.49. The smallest absolute Gasteiger partial charge is 0.408 e. The average Bonchev–Trinajstić information content (AvgIpc) is 2.49. The molecule has 0 aliphatic carbocycles. The lowest BCUT2D eigenvalue weighted by Gasteiger charge is -2.36. The number of hydrogen-bond donors (Lipinski definition) is 2. The first-order valence-electron chi connectivity index (χ1n) is 8.32. The molecule has 2 N–H and O–H groups in total. The summed E-state index contributed by atoms with van der Waals surface area (Å²) in [6, 6.07) is 8.02. The summed E-state index contributed by atoms with van der Waals surface area (Å²) in [5, 5.41) is 12.1. The molecule has 0 aliphatic heterocycles. The molecule has 6 nitrogen and oxygen atoms in total. The first-order chi connectivity index (χ1) is 11.4. The van der Waals surface area contributed by atoms with E-state index >= 15 is 0 Å². The molecule has 0 heterocycles. The van der Waals surface area contributed by atoms with Crippen LogP contribution in [-0.2, 0) is 20.6 Å². The summed E-state index contributed by atoms with van der Waals surface area (Å²) in [4.78, 5) is 24.4. The number of benzene rings is 1. The maximum Gasteiger partial charge on any atom is 0.408 e. The Hall–Kier alpha value is -1.86. The minimum atomic E-state index is -2.35. The first-order valence-corrected chi connectivity index (χ1v) is 11.2. The molecule has 25 heavy (non-hydrogen) atoms. The van der Waals surface area contributed by atoms with E-state index in [9.17, 15) is 14.7 Å². The number of aliphatic hydroxyl groups excluding tert-OH is 1. The molecule has 7 heteroatoms. The van der Waals surface area contributed by atoms with E-state index in [4.69, 9.17) is 9.16 Å². The topological polar surface area (TPSA) is 84.9 Å². The van der Waals surface area contributed by atoms with E-state index < -0.39 is 32.5 Å². The van der Waals surface area contributed by atoms with Crippen LogP contribution in [-0.4, -0.2) is 37.6 Å². The SMILES string of the molecule is C[C@@H](O)[C@H](NC(=O)OCc1ccccc1)C(=O)O[Si](C)(C)C(C)(C)C. The van der Waals surface area contributed by atoms with Crippen molar-refractivity contribution in [1.82, 2.24) is 5.32 Å². The van der Waals surface area contributed by atoms with Crippen LogP contribution >= 0.6 is 0 Å². The fourth-order valence-corrected chi connectivity index (χ4v) is 2.67. The lowest BCUT2D eigenvalue weighted by Crippen LogP contribution is -2.53. The third-order valence-corrected chi connectivity index (χ3v) is 8.71. The zero-order chi connectivity index (χ0) is 19.3. The van der Waals surface area contributed by atoms with Gasteiger partial charge in [-0.3, -0.25) is 4.79 Å². The van der Waals surface area contributed by atoms with Crippen LogP contribution in [0.5, 0.6) is 0 Å². The predicted molar refractivity (Wildman–Crippen MR) is 98.5 cm³/mol. The number of carbonyl (C=O) groups excluding carboxylic acids is 2. The van der Waals surface area contributed by atoms with Crippen molar-refractivity contribution in [2.24, 2.45) is 0 Å². The molecule has 1 aromatic rings. The van der Waals surface area contributed by atoms with Crippen molar-refractivity contribution in [2.75, 3.05) is 0 Å². The highest BCUT2D eigenvalue weighted by Crippen LogP contribution is 2.36. The van der Waals surface area contributed by atoms with Crippen molar-refractivity contribution in [3.05, 3.63) is 35.9 Å². The van der Waals surface area contributed by atoms with Gasteiger partial charge >= 0.3 is 12.1 Å². The summed E-state index contributed by atoms with van der Waals surface area (Å²) in [5.74, 6) is -0.641. The van der Waals surface area contributed by atoms with Gasteiger partial charge in [0.2, 0.25) is 0 Å². The minimum absolute atomic E-state index is 0.0798. The van der Waals surface area contributed by atoms with Crippen molar-refractivity contribution in [3.63, 3.8) is 0 Å². The number of ether oxygens (including phenoxy) is 1. The van der Waals surface area contributed by atoms with Gasteiger partial charge in [-0.05, 0) is 30.6 Å². The van der Waals surface area contributed by atoms with Gasteiger partial charge in [0.05, 0.1) is 6.10 Å². The quantitative estimate of drug-likeness (QED) is 0.754. The molecule has 0 radical (unpaired) electrons. The third kappa shape index (κ3) is 6.51. The molecule has 0 saturated heterocycles. The van der Waals surface area contributed by atoms with E-state index in [0.717, 1.165) is 5.56 Å². The van der Waals surface area contributed by atoms with E-state index in [2.05, 4.69) is 5.32 Å². The van der Waals surface area contributed by atoms with Gasteiger partial charge in [-0.1, -0.05) is 51.1 Å². The van der Waals surface area contributed by atoms with Crippen molar-refractivity contribution in [1.29, 1.82) is 0 Å². The monoisotopic (exact) mass is 367 g/mol. The van der Waals surface area contributed by atoms with Crippen molar-refractivity contribution in [3.8, 4) is 0 Å². The molecular weight excluding hydrogens is 338 g/mol. The predicted octanol–water partition coefficient (Wildman–Crippen LogP) is 3.21. The third-order valence-electron chi connectivity index (χ3n) is 4.38. The maximum atomic E-state index is 12.4. The van der Waals surface area contributed by atoms with Crippen molar-refractivity contribution in [2.45, 2.75) is 64.6 Å². The molecule has 0 unspecified atom stereocenters. The lowest BCUT2D eigenvalue weighted by molar-refractivity contribution is -0.140. The van der Waals surface area contributed by atoms with E-state index in [1.54, 1.807) is 0 Å². The van der Waals surface area contributed by atoms with Crippen LogP contribution in [0.15, 0.2) is 30.3 Å². The van der Waals surface area contributed by atoms with Gasteiger partial charge in [0.1, 0.15) is 6.61 Å². The molecule has 2 atom stereocenters. The second-order valence-corrected chi connectivity index (χ2v) is 12.3. The lowest BCUT2D eigenvalue weighted by atomic mass is 10.2. The van der Waals surface area contributed by atoms with Crippen LogP contribution in [0.4, 0.5) is 4.79 Å². The fraction of sp³-hybridized carbons (Fsp3) is 0.556. The first kappa shape index (κ1) is 21.2. The maximum absolute atomic E-state index is 12.4. The molecule has 0 bridgehead atoms. The molecule has 1 rings (SSSR count). The fourth-order valence-electron chi connectivity index (χ4n) is 1.74. The second-order valence-electron chi connectivity index (χ2n) is 7.61. The van der Waals surface area contributed by atoms with E-state index in [-0.39, 0.29) is 11.6 Å². The van der Waals surface area contributed by atoms with Crippen LogP contribution in [0.25, 0.3) is 0 Å². The molecule has 1 amide bonds. The Kier molecular flexibility index (Phi) is 7.19. The molecule has 0 saturated carbocycles. The van der Waals surface area contributed by atoms with Crippen LogP contribution < -0.4 is 5.32 Å². The van der Waals surface area contributed by atoms with Gasteiger partial charge in [0.25, 0.3) is 8.32 Å². The van der Waals surface area contributed by atoms with E-state index in [1.807, 2.05) is 64.2 Å². The van der Waals surface area contributed by atoms with Gasteiger partial charge in [0, 0.05) is 0 Å². The molecule has 0 aliphatic rings. The molecule has 0 fully saturated rings. The Labute approximate surface area is 150 Å². The Morgan fingerprint density at radius 1 is 1.20 bits per heavy atom. The van der Waals surface area contributed by atoms with Gasteiger partial charge in [-0.15, -0.1) is 0 Å². The van der Waals surface area contributed by atoms with Crippen molar-refractivity contribution >= 4 is 20.4 Å². The molecule has 0 spiro atoms. The molecule has 140 valence electrons. The van der Waals surface area contributed by atoms with Gasteiger partial charge in [-0.2, -0.15) is 0 Å².